The lowest BCUT2D eigenvalue weighted by Gasteiger charge is -2.26. The van der Waals surface area contributed by atoms with Crippen LogP contribution in [0.5, 0.6) is 5.75 Å². The summed E-state index contributed by atoms with van der Waals surface area (Å²) in [7, 11) is 0. The lowest BCUT2D eigenvalue weighted by Crippen LogP contribution is -2.35. The number of nitrogens with two attached hydrogens (primary N) is 1. The highest BCUT2D eigenvalue weighted by Gasteiger charge is 2.24. The third-order valence-corrected chi connectivity index (χ3v) is 4.02. The van der Waals surface area contributed by atoms with Crippen molar-refractivity contribution in [2.75, 3.05) is 19.7 Å². The molecular formula is C16H26N2O. The maximum atomic E-state index is 6.33. The molecular weight excluding hydrogens is 236 g/mol. The van der Waals surface area contributed by atoms with Crippen LogP contribution in [0.4, 0.5) is 0 Å². The van der Waals surface area contributed by atoms with Gasteiger partial charge in [0.1, 0.15) is 5.75 Å². The Kier molecular flexibility index (Phi) is 5.23. The standard InChI is InChI=1S/C16H26N2O/c1-3-14-6-5-11-18(14)12-16(17)13-7-9-15(10-8-13)19-4-2/h7-10,14,16H,3-6,11-12,17H2,1-2H3. The summed E-state index contributed by atoms with van der Waals surface area (Å²) in [5.41, 5.74) is 7.53. The topological polar surface area (TPSA) is 38.5 Å². The van der Waals surface area contributed by atoms with Crippen molar-refractivity contribution in [3.8, 4) is 5.75 Å². The lowest BCUT2D eigenvalue weighted by molar-refractivity contribution is 0.234. The quantitative estimate of drug-likeness (QED) is 0.856. The van der Waals surface area contributed by atoms with Crippen LogP contribution >= 0.6 is 0 Å². The molecule has 2 rings (SSSR count). The Morgan fingerprint density at radius 1 is 1.32 bits per heavy atom. The summed E-state index contributed by atoms with van der Waals surface area (Å²) < 4.78 is 5.46. The van der Waals surface area contributed by atoms with Crippen LogP contribution in [0.2, 0.25) is 0 Å². The van der Waals surface area contributed by atoms with Gasteiger partial charge in [-0.05, 0) is 50.4 Å². The van der Waals surface area contributed by atoms with Gasteiger partial charge < -0.3 is 10.5 Å². The molecule has 1 aromatic carbocycles. The molecule has 0 aliphatic carbocycles. The number of ether oxygens (including phenoxy) is 1. The maximum Gasteiger partial charge on any atom is 0.119 e. The summed E-state index contributed by atoms with van der Waals surface area (Å²) in [6.45, 7) is 7.14. The number of hydrogen-bond acceptors (Lipinski definition) is 3. The van der Waals surface area contributed by atoms with Crippen LogP contribution in [-0.2, 0) is 0 Å². The molecule has 0 spiro atoms. The van der Waals surface area contributed by atoms with Gasteiger partial charge in [0.15, 0.2) is 0 Å². The van der Waals surface area contributed by atoms with Gasteiger partial charge in [-0.25, -0.2) is 0 Å². The molecule has 2 N–H and O–H groups in total. The largest absolute Gasteiger partial charge is 0.494 e. The molecule has 0 bridgehead atoms. The predicted octanol–water partition coefficient (Wildman–Crippen LogP) is 2.96. The number of hydrogen-bond donors (Lipinski definition) is 1. The average molecular weight is 262 g/mol. The predicted molar refractivity (Wildman–Crippen MR) is 79.4 cm³/mol. The van der Waals surface area contributed by atoms with Gasteiger partial charge in [0, 0.05) is 18.6 Å². The second-order valence-corrected chi connectivity index (χ2v) is 5.31. The van der Waals surface area contributed by atoms with Crippen molar-refractivity contribution in [3.05, 3.63) is 29.8 Å². The Bertz CT molecular complexity index is 377. The van der Waals surface area contributed by atoms with E-state index in [1.807, 2.05) is 19.1 Å². The Morgan fingerprint density at radius 3 is 2.68 bits per heavy atom. The Balaban J connectivity index is 1.93. The maximum absolute atomic E-state index is 6.33. The molecule has 0 aromatic heterocycles. The van der Waals surface area contributed by atoms with E-state index in [1.165, 1.54) is 31.4 Å². The first kappa shape index (κ1) is 14.4. The molecule has 1 fully saturated rings. The normalized spacial score (nSPS) is 21.5. The molecule has 1 aliphatic rings. The molecule has 1 heterocycles. The monoisotopic (exact) mass is 262 g/mol. The van der Waals surface area contributed by atoms with E-state index in [1.54, 1.807) is 0 Å². The van der Waals surface area contributed by atoms with Crippen molar-refractivity contribution in [3.63, 3.8) is 0 Å². The van der Waals surface area contributed by atoms with Gasteiger partial charge in [0.25, 0.3) is 0 Å². The zero-order valence-electron chi connectivity index (χ0n) is 12.1. The average Bonchev–Trinajstić information content (AvgIpc) is 2.87. The molecule has 106 valence electrons. The molecule has 19 heavy (non-hydrogen) atoms. The number of likely N-dealkylation sites (tertiary alicyclic amines) is 1. The summed E-state index contributed by atoms with van der Waals surface area (Å²) in [5, 5.41) is 0. The number of rotatable bonds is 6. The van der Waals surface area contributed by atoms with Crippen LogP contribution in [0.3, 0.4) is 0 Å². The number of nitrogens with zero attached hydrogens (tertiary/aromatic N) is 1. The summed E-state index contributed by atoms with van der Waals surface area (Å²) >= 11 is 0. The summed E-state index contributed by atoms with van der Waals surface area (Å²) in [6, 6.07) is 9.04. The Labute approximate surface area is 116 Å². The zero-order valence-corrected chi connectivity index (χ0v) is 12.1. The van der Waals surface area contributed by atoms with Crippen molar-refractivity contribution in [2.24, 2.45) is 5.73 Å². The second-order valence-electron chi connectivity index (χ2n) is 5.31. The summed E-state index contributed by atoms with van der Waals surface area (Å²) in [5.74, 6) is 0.922. The van der Waals surface area contributed by atoms with Gasteiger partial charge in [-0.3, -0.25) is 4.90 Å². The first-order chi connectivity index (χ1) is 9.24. The molecule has 2 atom stereocenters. The van der Waals surface area contributed by atoms with Crippen molar-refractivity contribution < 1.29 is 4.74 Å². The van der Waals surface area contributed by atoms with E-state index in [-0.39, 0.29) is 6.04 Å². The summed E-state index contributed by atoms with van der Waals surface area (Å²) in [6.07, 6.45) is 3.87. The fourth-order valence-electron chi connectivity index (χ4n) is 2.93. The first-order valence-electron chi connectivity index (χ1n) is 7.47. The van der Waals surface area contributed by atoms with Gasteiger partial charge in [-0.15, -0.1) is 0 Å². The Hall–Kier alpha value is -1.06. The molecule has 0 amide bonds. The highest BCUT2D eigenvalue weighted by molar-refractivity contribution is 5.29. The van der Waals surface area contributed by atoms with Crippen LogP contribution in [-0.4, -0.2) is 30.6 Å². The van der Waals surface area contributed by atoms with Crippen LogP contribution in [0.15, 0.2) is 24.3 Å². The van der Waals surface area contributed by atoms with Crippen LogP contribution in [0.1, 0.15) is 44.7 Å². The van der Waals surface area contributed by atoms with Gasteiger partial charge in [-0.2, -0.15) is 0 Å². The van der Waals surface area contributed by atoms with Crippen molar-refractivity contribution in [1.82, 2.24) is 4.90 Å². The molecule has 2 unspecified atom stereocenters. The van der Waals surface area contributed by atoms with Crippen molar-refractivity contribution >= 4 is 0 Å². The van der Waals surface area contributed by atoms with Crippen molar-refractivity contribution in [2.45, 2.75) is 45.2 Å². The fraction of sp³-hybridized carbons (Fsp3) is 0.625. The molecule has 1 aromatic rings. The SMILES string of the molecule is CCOc1ccc(C(N)CN2CCCC2CC)cc1. The van der Waals surface area contributed by atoms with E-state index in [0.29, 0.717) is 6.61 Å². The lowest BCUT2D eigenvalue weighted by atomic mass is 10.1. The minimum absolute atomic E-state index is 0.0998. The minimum atomic E-state index is 0.0998. The van der Waals surface area contributed by atoms with E-state index in [2.05, 4.69) is 24.0 Å². The van der Waals surface area contributed by atoms with E-state index < -0.39 is 0 Å². The number of benzene rings is 1. The molecule has 1 aliphatic heterocycles. The Morgan fingerprint density at radius 2 is 2.05 bits per heavy atom. The van der Waals surface area contributed by atoms with Crippen LogP contribution < -0.4 is 10.5 Å². The van der Waals surface area contributed by atoms with E-state index in [0.717, 1.165) is 18.3 Å². The molecule has 3 nitrogen and oxygen atoms in total. The van der Waals surface area contributed by atoms with Gasteiger partial charge in [0.2, 0.25) is 0 Å². The van der Waals surface area contributed by atoms with E-state index in [9.17, 15) is 0 Å². The van der Waals surface area contributed by atoms with Crippen LogP contribution in [0, 0.1) is 0 Å². The highest BCUT2D eigenvalue weighted by Crippen LogP contribution is 2.23. The molecule has 0 saturated carbocycles. The van der Waals surface area contributed by atoms with Gasteiger partial charge in [-0.1, -0.05) is 19.1 Å². The van der Waals surface area contributed by atoms with E-state index in [4.69, 9.17) is 10.5 Å². The first-order valence-corrected chi connectivity index (χ1v) is 7.47. The second kappa shape index (κ2) is 6.92. The minimum Gasteiger partial charge on any atom is -0.494 e. The van der Waals surface area contributed by atoms with Gasteiger partial charge >= 0.3 is 0 Å². The molecule has 0 radical (unpaired) electrons. The van der Waals surface area contributed by atoms with Crippen molar-refractivity contribution in [1.29, 1.82) is 0 Å². The highest BCUT2D eigenvalue weighted by atomic mass is 16.5. The van der Waals surface area contributed by atoms with Crippen LogP contribution in [0.25, 0.3) is 0 Å². The fourth-order valence-corrected chi connectivity index (χ4v) is 2.93. The smallest absolute Gasteiger partial charge is 0.119 e. The molecule has 3 heteroatoms. The summed E-state index contributed by atoms with van der Waals surface area (Å²) in [4.78, 5) is 2.54. The third kappa shape index (κ3) is 3.71. The van der Waals surface area contributed by atoms with E-state index >= 15 is 0 Å². The van der Waals surface area contributed by atoms with Gasteiger partial charge in [0.05, 0.1) is 6.61 Å². The third-order valence-electron chi connectivity index (χ3n) is 4.02. The zero-order chi connectivity index (χ0) is 13.7. The molecule has 1 saturated heterocycles.